The maximum absolute atomic E-state index is 11.9. The predicted octanol–water partition coefficient (Wildman–Crippen LogP) is 3.23. The van der Waals surface area contributed by atoms with Gasteiger partial charge < -0.3 is 15.3 Å². The predicted molar refractivity (Wildman–Crippen MR) is 79.9 cm³/mol. The molecule has 2 rings (SSSR count). The van der Waals surface area contributed by atoms with E-state index in [0.29, 0.717) is 12.0 Å². The normalized spacial score (nSPS) is 10.8. The first kappa shape index (κ1) is 14.9. The van der Waals surface area contributed by atoms with E-state index >= 15 is 0 Å². The van der Waals surface area contributed by atoms with E-state index in [4.69, 9.17) is 0 Å². The summed E-state index contributed by atoms with van der Waals surface area (Å²) in [4.78, 5) is 11.9. The molecule has 2 aromatic rings. The summed E-state index contributed by atoms with van der Waals surface area (Å²) < 4.78 is 0. The Bertz CT molecular complexity index is 674. The number of ketones is 1. The third kappa shape index (κ3) is 3.34. The fraction of sp³-hybridized carbons (Fsp3) is 0.235. The number of carbonyl (C=O) groups excluding carboxylic acids is 1. The zero-order chi connectivity index (χ0) is 15.6. The molecule has 0 radical (unpaired) electrons. The summed E-state index contributed by atoms with van der Waals surface area (Å²) in [5.41, 5.74) is 1.42. The maximum Gasteiger partial charge on any atom is 0.169 e. The molecule has 4 heteroatoms. The van der Waals surface area contributed by atoms with E-state index < -0.39 is 0 Å². The van der Waals surface area contributed by atoms with Crippen molar-refractivity contribution in [3.05, 3.63) is 53.1 Å². The van der Waals surface area contributed by atoms with Crippen molar-refractivity contribution in [2.24, 2.45) is 5.92 Å². The van der Waals surface area contributed by atoms with Crippen molar-refractivity contribution in [1.29, 1.82) is 0 Å². The van der Waals surface area contributed by atoms with E-state index in [1.165, 1.54) is 12.1 Å². The molecule has 0 aliphatic carbocycles. The van der Waals surface area contributed by atoms with E-state index in [-0.39, 0.29) is 34.5 Å². The monoisotopic (exact) mass is 286 g/mol. The largest absolute Gasteiger partial charge is 0.508 e. The lowest BCUT2D eigenvalue weighted by Gasteiger charge is -2.11. The first-order chi connectivity index (χ1) is 9.88. The van der Waals surface area contributed by atoms with Crippen molar-refractivity contribution in [3.63, 3.8) is 0 Å². The molecule has 0 amide bonds. The van der Waals surface area contributed by atoms with E-state index in [2.05, 4.69) is 0 Å². The van der Waals surface area contributed by atoms with Crippen LogP contribution in [0.15, 0.2) is 36.4 Å². The quantitative estimate of drug-likeness (QED) is 0.595. The molecule has 0 fully saturated rings. The van der Waals surface area contributed by atoms with Gasteiger partial charge in [0.25, 0.3) is 0 Å². The van der Waals surface area contributed by atoms with Crippen LogP contribution in [0, 0.1) is 5.92 Å². The molecule has 0 unspecified atom stereocenters. The number of Topliss-reactive ketones (excluding diaryl/α,β-unsaturated/α-hetero) is 1. The summed E-state index contributed by atoms with van der Waals surface area (Å²) in [6, 6.07) is 9.36. The molecule has 0 aliphatic rings. The summed E-state index contributed by atoms with van der Waals surface area (Å²) in [5, 5.41) is 29.5. The van der Waals surface area contributed by atoms with Gasteiger partial charge in [0.05, 0.1) is 5.56 Å². The maximum atomic E-state index is 11.9. The average molecular weight is 286 g/mol. The highest BCUT2D eigenvalue weighted by molar-refractivity contribution is 6.00. The zero-order valence-corrected chi connectivity index (χ0v) is 12.0. The van der Waals surface area contributed by atoms with E-state index in [9.17, 15) is 20.1 Å². The first-order valence-corrected chi connectivity index (χ1v) is 6.75. The zero-order valence-electron chi connectivity index (χ0n) is 12.0. The summed E-state index contributed by atoms with van der Waals surface area (Å²) >= 11 is 0. The third-order valence-electron chi connectivity index (χ3n) is 3.29. The Morgan fingerprint density at radius 3 is 2.38 bits per heavy atom. The van der Waals surface area contributed by atoms with Crippen LogP contribution in [0.4, 0.5) is 0 Å². The summed E-state index contributed by atoms with van der Waals surface area (Å²) in [7, 11) is 0. The van der Waals surface area contributed by atoms with Crippen LogP contribution >= 0.6 is 0 Å². The number of phenols is 3. The van der Waals surface area contributed by atoms with Crippen molar-refractivity contribution >= 4 is 5.78 Å². The smallest absolute Gasteiger partial charge is 0.169 e. The van der Waals surface area contributed by atoms with Crippen molar-refractivity contribution in [2.75, 3.05) is 0 Å². The standard InChI is InChI=1S/C17H18O4/c1-10(2)17(21)14-9-15(19)12(8-16(14)20)6-11-4-3-5-13(18)7-11/h3-5,7-10,18-20H,6H2,1-2H3. The lowest BCUT2D eigenvalue weighted by atomic mass is 9.96. The van der Waals surface area contributed by atoms with Gasteiger partial charge >= 0.3 is 0 Å². The highest BCUT2D eigenvalue weighted by atomic mass is 16.3. The van der Waals surface area contributed by atoms with Crippen LogP contribution in [0.2, 0.25) is 0 Å². The van der Waals surface area contributed by atoms with Gasteiger partial charge in [-0.05, 0) is 29.8 Å². The highest BCUT2D eigenvalue weighted by Gasteiger charge is 2.18. The Morgan fingerprint density at radius 1 is 1.05 bits per heavy atom. The summed E-state index contributed by atoms with van der Waals surface area (Å²) in [6.45, 7) is 3.47. The second-order valence-corrected chi connectivity index (χ2v) is 5.36. The number of aromatic hydroxyl groups is 3. The third-order valence-corrected chi connectivity index (χ3v) is 3.29. The summed E-state index contributed by atoms with van der Waals surface area (Å²) in [6.07, 6.45) is 0.351. The van der Waals surface area contributed by atoms with Crippen molar-refractivity contribution in [2.45, 2.75) is 20.3 Å². The van der Waals surface area contributed by atoms with Crippen LogP contribution in [-0.4, -0.2) is 21.1 Å². The van der Waals surface area contributed by atoms with Crippen molar-refractivity contribution < 1.29 is 20.1 Å². The van der Waals surface area contributed by atoms with Crippen LogP contribution in [0.3, 0.4) is 0 Å². The second-order valence-electron chi connectivity index (χ2n) is 5.36. The molecule has 4 nitrogen and oxygen atoms in total. The molecule has 0 spiro atoms. The Kier molecular flexibility index (Phi) is 4.17. The molecule has 0 bridgehead atoms. The lowest BCUT2D eigenvalue weighted by Crippen LogP contribution is -2.08. The first-order valence-electron chi connectivity index (χ1n) is 6.75. The minimum Gasteiger partial charge on any atom is -0.508 e. The molecular weight excluding hydrogens is 268 g/mol. The van der Waals surface area contributed by atoms with Gasteiger partial charge in [0.2, 0.25) is 0 Å². The van der Waals surface area contributed by atoms with Gasteiger partial charge in [-0.15, -0.1) is 0 Å². The van der Waals surface area contributed by atoms with E-state index in [0.717, 1.165) is 5.56 Å². The SMILES string of the molecule is CC(C)C(=O)c1cc(O)c(Cc2cccc(O)c2)cc1O. The fourth-order valence-electron chi connectivity index (χ4n) is 2.16. The van der Waals surface area contributed by atoms with Gasteiger partial charge in [-0.25, -0.2) is 0 Å². The number of hydrogen-bond acceptors (Lipinski definition) is 4. The molecule has 0 heterocycles. The molecule has 3 N–H and O–H groups in total. The Labute approximate surface area is 123 Å². The van der Waals surface area contributed by atoms with Gasteiger partial charge in [0.1, 0.15) is 17.2 Å². The Balaban J connectivity index is 2.34. The van der Waals surface area contributed by atoms with Gasteiger partial charge in [-0.2, -0.15) is 0 Å². The Morgan fingerprint density at radius 2 is 1.76 bits per heavy atom. The molecule has 0 atom stereocenters. The molecule has 21 heavy (non-hydrogen) atoms. The molecular formula is C17H18O4. The molecule has 0 aromatic heterocycles. The molecule has 0 aliphatic heterocycles. The van der Waals surface area contributed by atoms with Gasteiger partial charge in [-0.1, -0.05) is 26.0 Å². The van der Waals surface area contributed by atoms with Crippen LogP contribution < -0.4 is 0 Å². The molecule has 0 saturated carbocycles. The van der Waals surface area contributed by atoms with Crippen LogP contribution in [0.5, 0.6) is 17.2 Å². The average Bonchev–Trinajstić information content (AvgIpc) is 2.41. The van der Waals surface area contributed by atoms with Gasteiger partial charge in [0, 0.05) is 17.9 Å². The van der Waals surface area contributed by atoms with E-state index in [1.807, 2.05) is 6.07 Å². The minimum atomic E-state index is -0.257. The minimum absolute atomic E-state index is 0.0415. The highest BCUT2D eigenvalue weighted by Crippen LogP contribution is 2.31. The number of phenolic OH excluding ortho intramolecular Hbond substituents is 3. The number of benzene rings is 2. The topological polar surface area (TPSA) is 77.8 Å². The van der Waals surface area contributed by atoms with Gasteiger partial charge in [-0.3, -0.25) is 4.79 Å². The fourth-order valence-corrected chi connectivity index (χ4v) is 2.16. The number of carbonyl (C=O) groups is 1. The molecule has 0 saturated heterocycles. The summed E-state index contributed by atoms with van der Waals surface area (Å²) in [5.74, 6) is -0.511. The van der Waals surface area contributed by atoms with Gasteiger partial charge in [0.15, 0.2) is 5.78 Å². The number of hydrogen-bond donors (Lipinski definition) is 3. The van der Waals surface area contributed by atoms with Crippen LogP contribution in [0.1, 0.15) is 35.3 Å². The van der Waals surface area contributed by atoms with Crippen molar-refractivity contribution in [1.82, 2.24) is 0 Å². The molecule has 2 aromatic carbocycles. The Hall–Kier alpha value is -2.49. The number of rotatable bonds is 4. The van der Waals surface area contributed by atoms with Crippen LogP contribution in [0.25, 0.3) is 0 Å². The second kappa shape index (κ2) is 5.87. The van der Waals surface area contributed by atoms with Crippen molar-refractivity contribution in [3.8, 4) is 17.2 Å². The lowest BCUT2D eigenvalue weighted by molar-refractivity contribution is 0.0936. The van der Waals surface area contributed by atoms with E-state index in [1.54, 1.807) is 32.0 Å². The van der Waals surface area contributed by atoms with Crippen LogP contribution in [-0.2, 0) is 6.42 Å². The molecule has 110 valence electrons.